The predicted molar refractivity (Wildman–Crippen MR) is 110 cm³/mol. The number of hydrogen-bond donors (Lipinski definition) is 1. The minimum Gasteiger partial charge on any atom is -0.387 e. The van der Waals surface area contributed by atoms with Gasteiger partial charge in [0.05, 0.1) is 12.2 Å². The molecule has 28 heavy (non-hydrogen) atoms. The number of benzene rings is 2. The van der Waals surface area contributed by atoms with Crippen molar-refractivity contribution < 1.29 is 13.9 Å². The summed E-state index contributed by atoms with van der Waals surface area (Å²) >= 11 is 0. The number of amidine groups is 1. The van der Waals surface area contributed by atoms with E-state index in [1.165, 1.54) is 10.9 Å². The number of carbonyl (C=O) groups excluding carboxylic acids is 1. The van der Waals surface area contributed by atoms with E-state index < -0.39 is 6.67 Å². The normalized spacial score (nSPS) is 16.1. The van der Waals surface area contributed by atoms with Gasteiger partial charge in [-0.1, -0.05) is 24.3 Å². The highest BCUT2D eigenvalue weighted by atomic mass is 19.1. The second kappa shape index (κ2) is 8.10. The zero-order valence-electron chi connectivity index (χ0n) is 15.7. The van der Waals surface area contributed by atoms with Gasteiger partial charge < -0.3 is 15.0 Å². The van der Waals surface area contributed by atoms with Crippen molar-refractivity contribution in [1.82, 2.24) is 4.57 Å². The Balaban J connectivity index is 1.80. The van der Waals surface area contributed by atoms with Crippen molar-refractivity contribution in [3.05, 3.63) is 48.0 Å². The van der Waals surface area contributed by atoms with Gasteiger partial charge in [0.1, 0.15) is 5.84 Å². The number of para-hydroxylation sites is 1. The fourth-order valence-electron chi connectivity index (χ4n) is 3.97. The van der Waals surface area contributed by atoms with Crippen LogP contribution >= 0.6 is 0 Å². The summed E-state index contributed by atoms with van der Waals surface area (Å²) in [5.74, 6) is -0.213. The number of aromatic nitrogens is 1. The molecular formula is C22H24FN3O2. The molecule has 0 atom stereocenters. The SMILES string of the molecule is NC(CCCF)=NC(=O)c1ccc2c3ccccc3n(C3CCOCC3)c2c1. The molecule has 0 aliphatic carbocycles. The van der Waals surface area contributed by atoms with Gasteiger partial charge in [-0.3, -0.25) is 9.18 Å². The number of alkyl halides is 1. The summed E-state index contributed by atoms with van der Waals surface area (Å²) < 4.78 is 20.2. The molecule has 6 heteroatoms. The molecule has 0 radical (unpaired) electrons. The highest BCUT2D eigenvalue weighted by molar-refractivity contribution is 6.11. The van der Waals surface area contributed by atoms with Crippen LogP contribution < -0.4 is 5.73 Å². The summed E-state index contributed by atoms with van der Waals surface area (Å²) in [4.78, 5) is 16.5. The van der Waals surface area contributed by atoms with Crippen molar-refractivity contribution in [2.45, 2.75) is 31.7 Å². The zero-order chi connectivity index (χ0) is 19.5. The van der Waals surface area contributed by atoms with Gasteiger partial charge in [0.15, 0.2) is 0 Å². The van der Waals surface area contributed by atoms with E-state index in [2.05, 4.69) is 21.7 Å². The first kappa shape index (κ1) is 18.6. The van der Waals surface area contributed by atoms with Crippen molar-refractivity contribution in [3.63, 3.8) is 0 Å². The minimum absolute atomic E-state index is 0.174. The molecule has 146 valence electrons. The summed E-state index contributed by atoms with van der Waals surface area (Å²) in [6.07, 6.45) is 2.45. The Hall–Kier alpha value is -2.73. The molecule has 1 aliphatic heterocycles. The Morgan fingerprint density at radius 3 is 2.68 bits per heavy atom. The molecule has 0 unspecified atom stereocenters. The summed E-state index contributed by atoms with van der Waals surface area (Å²) in [7, 11) is 0. The molecular weight excluding hydrogens is 357 g/mol. The van der Waals surface area contributed by atoms with E-state index in [1.807, 2.05) is 24.3 Å². The first-order chi connectivity index (χ1) is 13.7. The summed E-state index contributed by atoms with van der Waals surface area (Å²) in [6, 6.07) is 14.3. The average molecular weight is 381 g/mol. The van der Waals surface area contributed by atoms with Crippen LogP contribution in [0.3, 0.4) is 0 Å². The fraction of sp³-hybridized carbons (Fsp3) is 0.364. The van der Waals surface area contributed by atoms with E-state index in [0.717, 1.165) is 37.0 Å². The molecule has 4 rings (SSSR count). The number of fused-ring (bicyclic) bond motifs is 3. The Morgan fingerprint density at radius 2 is 1.89 bits per heavy atom. The summed E-state index contributed by atoms with van der Waals surface area (Å²) in [6.45, 7) is 1.01. The number of amides is 1. The van der Waals surface area contributed by atoms with Crippen LogP contribution in [0.5, 0.6) is 0 Å². The molecule has 2 N–H and O–H groups in total. The van der Waals surface area contributed by atoms with E-state index in [4.69, 9.17) is 10.5 Å². The number of hydrogen-bond acceptors (Lipinski definition) is 2. The molecule has 0 bridgehead atoms. The van der Waals surface area contributed by atoms with Crippen LogP contribution in [-0.4, -0.2) is 36.2 Å². The Kier molecular flexibility index (Phi) is 5.39. The van der Waals surface area contributed by atoms with Crippen molar-refractivity contribution in [2.24, 2.45) is 10.7 Å². The highest BCUT2D eigenvalue weighted by Gasteiger charge is 2.21. The van der Waals surface area contributed by atoms with Crippen LogP contribution in [0.4, 0.5) is 4.39 Å². The lowest BCUT2D eigenvalue weighted by molar-refractivity contribution is 0.0717. The van der Waals surface area contributed by atoms with Crippen molar-refractivity contribution in [1.29, 1.82) is 0 Å². The number of carbonyl (C=O) groups is 1. The third kappa shape index (κ3) is 3.52. The molecule has 3 aromatic rings. The van der Waals surface area contributed by atoms with Crippen LogP contribution in [0, 0.1) is 0 Å². The summed E-state index contributed by atoms with van der Waals surface area (Å²) in [5.41, 5.74) is 8.45. The quantitative estimate of drug-likeness (QED) is 0.526. The molecule has 2 heterocycles. The summed E-state index contributed by atoms with van der Waals surface area (Å²) in [5, 5.41) is 2.29. The number of halogens is 1. The van der Waals surface area contributed by atoms with Gasteiger partial charge in [-0.2, -0.15) is 4.99 Å². The number of aliphatic imine (C=N–C) groups is 1. The van der Waals surface area contributed by atoms with E-state index in [-0.39, 0.29) is 24.6 Å². The molecule has 2 aromatic carbocycles. The van der Waals surface area contributed by atoms with Gasteiger partial charge in [0.25, 0.3) is 5.91 Å². The molecule has 5 nitrogen and oxygen atoms in total. The van der Waals surface area contributed by atoms with Gasteiger partial charge in [-0.25, -0.2) is 0 Å². The molecule has 1 fully saturated rings. The van der Waals surface area contributed by atoms with Crippen LogP contribution in [0.2, 0.25) is 0 Å². The molecule has 0 spiro atoms. The Morgan fingerprint density at radius 1 is 1.14 bits per heavy atom. The van der Waals surface area contributed by atoms with E-state index in [1.54, 1.807) is 6.07 Å². The first-order valence-corrected chi connectivity index (χ1v) is 9.73. The first-order valence-electron chi connectivity index (χ1n) is 9.73. The van der Waals surface area contributed by atoms with Crippen LogP contribution in [0.15, 0.2) is 47.5 Å². The molecule has 1 amide bonds. The van der Waals surface area contributed by atoms with E-state index in [9.17, 15) is 9.18 Å². The van der Waals surface area contributed by atoms with Gasteiger partial charge in [0, 0.05) is 47.5 Å². The lowest BCUT2D eigenvalue weighted by Crippen LogP contribution is -2.19. The van der Waals surface area contributed by atoms with Crippen LogP contribution in [-0.2, 0) is 4.74 Å². The topological polar surface area (TPSA) is 69.6 Å². The maximum absolute atomic E-state index is 12.6. The molecule has 1 saturated heterocycles. The molecule has 0 saturated carbocycles. The number of nitrogens with zero attached hydrogens (tertiary/aromatic N) is 2. The second-order valence-corrected chi connectivity index (χ2v) is 7.16. The molecule has 1 aliphatic rings. The fourth-order valence-corrected chi connectivity index (χ4v) is 3.97. The number of ether oxygens (including phenoxy) is 1. The van der Waals surface area contributed by atoms with E-state index >= 15 is 0 Å². The lowest BCUT2D eigenvalue weighted by Gasteiger charge is -2.25. The third-order valence-electron chi connectivity index (χ3n) is 5.33. The van der Waals surface area contributed by atoms with Crippen LogP contribution in [0.1, 0.15) is 42.1 Å². The van der Waals surface area contributed by atoms with Crippen molar-refractivity contribution >= 4 is 33.5 Å². The van der Waals surface area contributed by atoms with Gasteiger partial charge in [0.2, 0.25) is 0 Å². The smallest absolute Gasteiger partial charge is 0.278 e. The zero-order valence-corrected chi connectivity index (χ0v) is 15.7. The predicted octanol–water partition coefficient (Wildman–Crippen LogP) is 4.39. The highest BCUT2D eigenvalue weighted by Crippen LogP contribution is 2.35. The Labute approximate surface area is 163 Å². The van der Waals surface area contributed by atoms with Gasteiger partial charge in [-0.15, -0.1) is 0 Å². The van der Waals surface area contributed by atoms with E-state index in [0.29, 0.717) is 11.6 Å². The number of nitrogens with two attached hydrogens (primary N) is 1. The van der Waals surface area contributed by atoms with Gasteiger partial charge >= 0.3 is 0 Å². The van der Waals surface area contributed by atoms with Crippen molar-refractivity contribution in [2.75, 3.05) is 19.9 Å². The second-order valence-electron chi connectivity index (χ2n) is 7.16. The minimum atomic E-state index is -0.471. The van der Waals surface area contributed by atoms with Crippen LogP contribution in [0.25, 0.3) is 21.8 Å². The molecule has 1 aromatic heterocycles. The maximum atomic E-state index is 12.6. The Bertz CT molecular complexity index is 1030. The number of rotatable bonds is 5. The lowest BCUT2D eigenvalue weighted by atomic mass is 10.1. The maximum Gasteiger partial charge on any atom is 0.278 e. The standard InChI is InChI=1S/C22H24FN3O2/c23-11-3-6-21(24)25-22(27)15-7-8-18-17-4-1-2-5-19(17)26(20(18)14-15)16-9-12-28-13-10-16/h1-2,4-5,7-8,14,16H,3,6,9-13H2,(H2,24,25,27). The third-order valence-corrected chi connectivity index (χ3v) is 5.33. The van der Waals surface area contributed by atoms with Gasteiger partial charge in [-0.05, 0) is 37.5 Å². The monoisotopic (exact) mass is 381 g/mol. The largest absolute Gasteiger partial charge is 0.387 e. The van der Waals surface area contributed by atoms with Crippen molar-refractivity contribution in [3.8, 4) is 0 Å². The average Bonchev–Trinajstić information content (AvgIpc) is 3.06.